The highest BCUT2D eigenvalue weighted by Gasteiger charge is 2.59. The lowest BCUT2D eigenvalue weighted by atomic mass is 9.60. The first-order chi connectivity index (χ1) is 13.7. The third-order valence-electron chi connectivity index (χ3n) is 7.09. The Bertz CT molecular complexity index is 906. The molecule has 2 aliphatic carbocycles. The molecule has 1 fully saturated rings. The summed E-state index contributed by atoms with van der Waals surface area (Å²) < 4.78 is 11.2. The molecule has 6 heteroatoms. The van der Waals surface area contributed by atoms with Crippen molar-refractivity contribution in [2.24, 2.45) is 16.1 Å². The van der Waals surface area contributed by atoms with Crippen LogP contribution in [0.4, 0.5) is 0 Å². The van der Waals surface area contributed by atoms with Crippen LogP contribution in [0.1, 0.15) is 43.2 Å². The summed E-state index contributed by atoms with van der Waals surface area (Å²) in [5.74, 6) is 0. The van der Waals surface area contributed by atoms with E-state index in [0.717, 1.165) is 49.7 Å². The lowest BCUT2D eigenvalue weighted by molar-refractivity contribution is -0.0148. The van der Waals surface area contributed by atoms with Crippen LogP contribution in [0.3, 0.4) is 0 Å². The van der Waals surface area contributed by atoms with Crippen molar-refractivity contribution in [3.05, 3.63) is 48.0 Å². The number of rotatable bonds is 2. The number of ether oxygens (including phenoxy) is 2. The van der Waals surface area contributed by atoms with Gasteiger partial charge in [0.05, 0.1) is 12.7 Å². The van der Waals surface area contributed by atoms with Gasteiger partial charge >= 0.3 is 0 Å². The highest BCUT2D eigenvalue weighted by molar-refractivity contribution is 5.74. The van der Waals surface area contributed by atoms with Gasteiger partial charge in [0.1, 0.15) is 11.9 Å². The molecule has 5 rings (SSSR count). The number of nitrogens with two attached hydrogens (primary N) is 1. The van der Waals surface area contributed by atoms with E-state index in [1.165, 1.54) is 11.1 Å². The van der Waals surface area contributed by atoms with Gasteiger partial charge in [-0.1, -0.05) is 12.1 Å². The zero-order chi connectivity index (χ0) is 19.2. The Balaban J connectivity index is 1.63. The molecule has 146 valence electrons. The van der Waals surface area contributed by atoms with E-state index < -0.39 is 0 Å². The largest absolute Gasteiger partial charge is 0.465 e. The fourth-order valence-electron chi connectivity index (χ4n) is 5.67. The number of hydrogen-bond donors (Lipinski definition) is 1. The minimum atomic E-state index is -0.310. The van der Waals surface area contributed by atoms with Gasteiger partial charge in [-0.25, -0.2) is 15.0 Å². The SMILES string of the molecule is CO[C@H]1CC[C@]2(CC1)Cc1ccc(-c3cncnc3)cc1C21CCOC(N)=N1. The van der Waals surface area contributed by atoms with Crippen molar-refractivity contribution >= 4 is 6.02 Å². The number of amidine groups is 1. The Morgan fingerprint density at radius 1 is 1.11 bits per heavy atom. The van der Waals surface area contributed by atoms with Crippen molar-refractivity contribution in [3.63, 3.8) is 0 Å². The van der Waals surface area contributed by atoms with Gasteiger partial charge in [-0.05, 0) is 54.9 Å². The quantitative estimate of drug-likeness (QED) is 0.868. The Hall–Kier alpha value is -2.47. The van der Waals surface area contributed by atoms with Crippen LogP contribution >= 0.6 is 0 Å². The van der Waals surface area contributed by atoms with Gasteiger partial charge in [0.15, 0.2) is 0 Å². The molecule has 28 heavy (non-hydrogen) atoms. The van der Waals surface area contributed by atoms with E-state index in [-0.39, 0.29) is 11.0 Å². The molecule has 6 nitrogen and oxygen atoms in total. The fraction of sp³-hybridized carbons (Fsp3) is 0.500. The molecule has 1 saturated carbocycles. The summed E-state index contributed by atoms with van der Waals surface area (Å²) in [4.78, 5) is 13.4. The number of methoxy groups -OCH3 is 1. The molecule has 0 amide bonds. The van der Waals surface area contributed by atoms with Crippen molar-refractivity contribution in [3.8, 4) is 11.1 Å². The van der Waals surface area contributed by atoms with E-state index in [1.54, 1.807) is 6.33 Å². The van der Waals surface area contributed by atoms with Crippen LogP contribution in [-0.2, 0) is 21.4 Å². The van der Waals surface area contributed by atoms with Crippen molar-refractivity contribution in [1.29, 1.82) is 0 Å². The van der Waals surface area contributed by atoms with E-state index in [0.29, 0.717) is 18.7 Å². The normalized spacial score (nSPS) is 31.5. The number of benzene rings is 1. The van der Waals surface area contributed by atoms with Gasteiger partial charge in [-0.3, -0.25) is 0 Å². The van der Waals surface area contributed by atoms with Crippen molar-refractivity contribution < 1.29 is 9.47 Å². The molecule has 0 saturated heterocycles. The summed E-state index contributed by atoms with van der Waals surface area (Å²) in [5.41, 5.74) is 10.7. The van der Waals surface area contributed by atoms with E-state index in [9.17, 15) is 0 Å². The zero-order valence-electron chi connectivity index (χ0n) is 16.2. The number of aromatic nitrogens is 2. The lowest BCUT2D eigenvalue weighted by Gasteiger charge is -2.49. The molecule has 2 spiro atoms. The van der Waals surface area contributed by atoms with Crippen molar-refractivity contribution in [2.75, 3.05) is 13.7 Å². The summed E-state index contributed by atoms with van der Waals surface area (Å²) >= 11 is 0. The van der Waals surface area contributed by atoms with Crippen LogP contribution in [-0.4, -0.2) is 35.8 Å². The average molecular weight is 378 g/mol. The summed E-state index contributed by atoms with van der Waals surface area (Å²) in [6.45, 7) is 0.614. The first kappa shape index (κ1) is 17.6. The van der Waals surface area contributed by atoms with Crippen molar-refractivity contribution in [1.82, 2.24) is 9.97 Å². The van der Waals surface area contributed by atoms with Gasteiger partial charge in [0.2, 0.25) is 0 Å². The molecule has 0 bridgehead atoms. The topological polar surface area (TPSA) is 82.6 Å². The molecular weight excluding hydrogens is 352 g/mol. The Labute approximate surface area is 165 Å². The molecule has 2 heterocycles. The monoisotopic (exact) mass is 378 g/mol. The van der Waals surface area contributed by atoms with E-state index >= 15 is 0 Å². The second-order valence-corrected chi connectivity index (χ2v) is 8.30. The predicted octanol–water partition coefficient (Wildman–Crippen LogP) is 3.21. The fourth-order valence-corrected chi connectivity index (χ4v) is 5.67. The summed E-state index contributed by atoms with van der Waals surface area (Å²) in [6.07, 6.45) is 11.9. The first-order valence-corrected chi connectivity index (χ1v) is 10.1. The maximum atomic E-state index is 6.12. The highest BCUT2D eigenvalue weighted by Crippen LogP contribution is 2.62. The van der Waals surface area contributed by atoms with Crippen molar-refractivity contribution in [2.45, 2.75) is 50.2 Å². The smallest absolute Gasteiger partial charge is 0.282 e. The minimum Gasteiger partial charge on any atom is -0.465 e. The maximum Gasteiger partial charge on any atom is 0.282 e. The summed E-state index contributed by atoms with van der Waals surface area (Å²) in [7, 11) is 1.82. The van der Waals surface area contributed by atoms with E-state index in [1.807, 2.05) is 19.5 Å². The Kier molecular flexibility index (Phi) is 4.12. The molecule has 1 atom stereocenters. The van der Waals surface area contributed by atoms with Crippen LogP contribution in [0, 0.1) is 5.41 Å². The summed E-state index contributed by atoms with van der Waals surface area (Å²) in [6, 6.07) is 7.04. The van der Waals surface area contributed by atoms with Gasteiger partial charge in [-0.2, -0.15) is 0 Å². The van der Waals surface area contributed by atoms with E-state index in [4.69, 9.17) is 20.2 Å². The van der Waals surface area contributed by atoms with Gasteiger partial charge in [0, 0.05) is 36.9 Å². The molecule has 3 aliphatic rings. The van der Waals surface area contributed by atoms with Gasteiger partial charge in [-0.15, -0.1) is 0 Å². The van der Waals surface area contributed by atoms with Crippen LogP contribution in [0.5, 0.6) is 0 Å². The second-order valence-electron chi connectivity index (χ2n) is 8.30. The second kappa shape index (κ2) is 6.55. The molecule has 2 aromatic rings. The van der Waals surface area contributed by atoms with E-state index in [2.05, 4.69) is 28.2 Å². The average Bonchev–Trinajstić information content (AvgIpc) is 2.97. The number of hydrogen-bond acceptors (Lipinski definition) is 6. The minimum absolute atomic E-state index is 0.0879. The number of nitrogens with zero attached hydrogens (tertiary/aromatic N) is 3. The highest BCUT2D eigenvalue weighted by atomic mass is 16.5. The standard InChI is InChI=1S/C22H26N4O2/c1-27-18-4-6-21(7-5-18)11-16-3-2-15(17-12-24-14-25-13-17)10-19(16)22(21)8-9-28-20(23)26-22/h2-3,10,12-14,18H,4-9,11H2,1H3,(H2,23,26)/t18-,21-,22?. The van der Waals surface area contributed by atoms with Crippen LogP contribution < -0.4 is 5.73 Å². The number of fused-ring (bicyclic) bond motifs is 3. The van der Waals surface area contributed by atoms with Gasteiger partial charge < -0.3 is 15.2 Å². The Morgan fingerprint density at radius 2 is 1.89 bits per heavy atom. The third kappa shape index (κ3) is 2.54. The predicted molar refractivity (Wildman–Crippen MR) is 107 cm³/mol. The van der Waals surface area contributed by atoms with Crippen LogP contribution in [0.25, 0.3) is 11.1 Å². The molecule has 1 aromatic heterocycles. The Morgan fingerprint density at radius 3 is 2.61 bits per heavy atom. The molecule has 1 aliphatic heterocycles. The zero-order valence-corrected chi connectivity index (χ0v) is 16.2. The molecule has 0 radical (unpaired) electrons. The maximum absolute atomic E-state index is 6.12. The summed E-state index contributed by atoms with van der Waals surface area (Å²) in [5, 5.41) is 0. The van der Waals surface area contributed by atoms with Gasteiger partial charge in [0.25, 0.3) is 6.02 Å². The molecule has 2 N–H and O–H groups in total. The molecule has 1 aromatic carbocycles. The molecular formula is C22H26N4O2. The molecule has 1 unspecified atom stereocenters. The number of aliphatic imine (C=N–C) groups is 1. The lowest BCUT2D eigenvalue weighted by Crippen LogP contribution is -2.49. The van der Waals surface area contributed by atoms with Crippen LogP contribution in [0.15, 0.2) is 41.9 Å². The first-order valence-electron chi connectivity index (χ1n) is 10.1. The van der Waals surface area contributed by atoms with Crippen LogP contribution in [0.2, 0.25) is 0 Å². The third-order valence-corrected chi connectivity index (χ3v) is 7.09.